The Labute approximate surface area is 114 Å². The third kappa shape index (κ3) is 3.36. The number of aromatic hydroxyl groups is 1. The highest BCUT2D eigenvalue weighted by Crippen LogP contribution is 2.33. The number of phenolic OH excluding ortho intramolecular Hbond substituents is 1. The number of amides is 1. The van der Waals surface area contributed by atoms with E-state index < -0.39 is 21.9 Å². The quantitative estimate of drug-likeness (QED) is 0.862. The number of phenols is 1. The highest BCUT2D eigenvalue weighted by molar-refractivity contribution is 7.86. The van der Waals surface area contributed by atoms with Crippen molar-refractivity contribution in [2.45, 2.75) is 6.42 Å². The van der Waals surface area contributed by atoms with E-state index >= 15 is 0 Å². The molecule has 19 heavy (non-hydrogen) atoms. The average Bonchev–Trinajstić information content (AvgIpc) is 2.56. The molecule has 1 N–H and O–H groups in total. The van der Waals surface area contributed by atoms with Crippen molar-refractivity contribution in [1.82, 2.24) is 0 Å². The van der Waals surface area contributed by atoms with Crippen molar-refractivity contribution in [3.63, 3.8) is 0 Å². The summed E-state index contributed by atoms with van der Waals surface area (Å²) in [7, 11) is -4.61. The topological polar surface area (TPSA) is 74.7 Å². The lowest BCUT2D eigenvalue weighted by Gasteiger charge is -2.18. The van der Waals surface area contributed by atoms with Gasteiger partial charge in [0, 0.05) is 24.9 Å². The number of nitrogens with zero attached hydrogens (tertiary/aromatic N) is 1. The molecule has 5 nitrogen and oxygen atoms in total. The molecule has 1 heterocycles. The van der Waals surface area contributed by atoms with Crippen molar-refractivity contribution in [2.75, 3.05) is 17.2 Å². The first-order valence-corrected chi connectivity index (χ1v) is 7.40. The van der Waals surface area contributed by atoms with Gasteiger partial charge in [0.05, 0.1) is 16.5 Å². The molecule has 2 rings (SSSR count). The third-order valence-electron chi connectivity index (χ3n) is 2.86. The van der Waals surface area contributed by atoms with E-state index in [1.165, 1.54) is 23.1 Å². The van der Waals surface area contributed by atoms with Gasteiger partial charge in [-0.2, -0.15) is 8.42 Å². The summed E-state index contributed by atoms with van der Waals surface area (Å²) in [5.74, 6) is -1.62. The van der Waals surface area contributed by atoms with E-state index in [1.54, 1.807) is 0 Å². The zero-order chi connectivity index (χ0) is 14.2. The second kappa shape index (κ2) is 4.97. The number of hydrogen-bond donors (Lipinski definition) is 1. The summed E-state index contributed by atoms with van der Waals surface area (Å²) in [5, 5.41) is 9.41. The summed E-state index contributed by atoms with van der Waals surface area (Å²) in [5.41, 5.74) is 0.378. The monoisotopic (exact) mass is 307 g/mol. The summed E-state index contributed by atoms with van der Waals surface area (Å²) in [6.07, 6.45) is -0.0413. The molecule has 0 aromatic heterocycles. The van der Waals surface area contributed by atoms with E-state index in [0.717, 1.165) is 0 Å². The number of carbonyl (C=O) groups is 1. The van der Waals surface area contributed by atoms with Crippen LogP contribution >= 0.6 is 11.6 Å². The van der Waals surface area contributed by atoms with E-state index in [1.807, 2.05) is 0 Å². The fourth-order valence-electron chi connectivity index (χ4n) is 2.12. The van der Waals surface area contributed by atoms with Gasteiger partial charge in [-0.3, -0.25) is 4.79 Å². The van der Waals surface area contributed by atoms with E-state index in [0.29, 0.717) is 5.69 Å². The number of carbonyl (C=O) groups excluding carboxylic acids is 1. The molecule has 1 aromatic rings. The summed E-state index contributed by atoms with van der Waals surface area (Å²) >= 11 is 5.91. The third-order valence-corrected chi connectivity index (χ3v) is 4.03. The maximum Gasteiger partial charge on any atom is 0.302 e. The molecule has 1 atom stereocenters. The molecule has 1 aromatic carbocycles. The Hall–Kier alpha value is -1.34. The van der Waals surface area contributed by atoms with Crippen molar-refractivity contribution in [3.05, 3.63) is 23.2 Å². The first kappa shape index (κ1) is 14.1. The minimum absolute atomic E-state index is 0.0386. The number of rotatable bonds is 3. The van der Waals surface area contributed by atoms with Crippen LogP contribution in [0.15, 0.2) is 18.2 Å². The van der Waals surface area contributed by atoms with Gasteiger partial charge < -0.3 is 10.0 Å². The molecule has 0 radical (unpaired) electrons. The van der Waals surface area contributed by atoms with Crippen LogP contribution in [0.5, 0.6) is 5.75 Å². The van der Waals surface area contributed by atoms with Gasteiger partial charge in [0.25, 0.3) is 0 Å². The normalized spacial score (nSPS) is 20.0. The van der Waals surface area contributed by atoms with Gasteiger partial charge in [0.2, 0.25) is 5.91 Å². The van der Waals surface area contributed by atoms with E-state index in [2.05, 4.69) is 0 Å². The van der Waals surface area contributed by atoms with Crippen molar-refractivity contribution in [1.29, 1.82) is 0 Å². The first-order chi connectivity index (χ1) is 8.76. The Morgan fingerprint density at radius 2 is 2.16 bits per heavy atom. The lowest BCUT2D eigenvalue weighted by Crippen LogP contribution is -2.25. The van der Waals surface area contributed by atoms with Gasteiger partial charge in [-0.15, -0.1) is 3.89 Å². The minimum atomic E-state index is -4.61. The van der Waals surface area contributed by atoms with Gasteiger partial charge in [0.15, 0.2) is 0 Å². The van der Waals surface area contributed by atoms with E-state index in [9.17, 15) is 22.2 Å². The van der Waals surface area contributed by atoms with Gasteiger partial charge >= 0.3 is 10.2 Å². The smallest absolute Gasteiger partial charge is 0.302 e. The summed E-state index contributed by atoms with van der Waals surface area (Å²) in [6.45, 7) is 0.0898. The molecule has 0 saturated carbocycles. The summed E-state index contributed by atoms with van der Waals surface area (Å²) in [6, 6.07) is 4.11. The molecule has 1 aliphatic rings. The molecular formula is C11H11ClFNO4S. The number of halogens is 2. The second-order valence-electron chi connectivity index (χ2n) is 4.42. The van der Waals surface area contributed by atoms with Gasteiger partial charge in [-0.25, -0.2) is 0 Å². The fourth-order valence-corrected chi connectivity index (χ4v) is 3.19. The Bertz CT molecular complexity index is 619. The van der Waals surface area contributed by atoms with Crippen LogP contribution in [0.25, 0.3) is 0 Å². The molecule has 0 bridgehead atoms. The van der Waals surface area contributed by atoms with Gasteiger partial charge in [-0.05, 0) is 12.1 Å². The summed E-state index contributed by atoms with van der Waals surface area (Å²) in [4.78, 5) is 13.1. The number of anilines is 1. The first-order valence-electron chi connectivity index (χ1n) is 5.47. The maximum absolute atomic E-state index is 12.6. The Kier molecular flexibility index (Phi) is 3.69. The zero-order valence-corrected chi connectivity index (χ0v) is 11.3. The van der Waals surface area contributed by atoms with Crippen LogP contribution in [0.1, 0.15) is 6.42 Å². The zero-order valence-electron chi connectivity index (χ0n) is 9.71. The molecule has 1 unspecified atom stereocenters. The van der Waals surface area contributed by atoms with Crippen LogP contribution in [-0.4, -0.2) is 31.7 Å². The van der Waals surface area contributed by atoms with E-state index in [-0.39, 0.29) is 29.6 Å². The second-order valence-corrected chi connectivity index (χ2v) is 6.23. The van der Waals surface area contributed by atoms with Crippen molar-refractivity contribution in [3.8, 4) is 5.75 Å². The molecule has 0 aliphatic carbocycles. The maximum atomic E-state index is 12.6. The minimum Gasteiger partial charge on any atom is -0.508 e. The molecule has 0 spiro atoms. The highest BCUT2D eigenvalue weighted by Gasteiger charge is 2.34. The number of hydrogen-bond acceptors (Lipinski definition) is 4. The van der Waals surface area contributed by atoms with Crippen molar-refractivity contribution in [2.24, 2.45) is 5.92 Å². The van der Waals surface area contributed by atoms with Crippen LogP contribution in [0.4, 0.5) is 9.57 Å². The van der Waals surface area contributed by atoms with Crippen molar-refractivity contribution < 1.29 is 22.2 Å². The average molecular weight is 308 g/mol. The fraction of sp³-hybridized carbons (Fsp3) is 0.364. The van der Waals surface area contributed by atoms with Crippen LogP contribution < -0.4 is 4.90 Å². The number of benzene rings is 1. The predicted octanol–water partition coefficient (Wildman–Crippen LogP) is 1.70. The molecule has 8 heteroatoms. The van der Waals surface area contributed by atoms with Crippen molar-refractivity contribution >= 4 is 33.4 Å². The largest absolute Gasteiger partial charge is 0.508 e. The molecule has 104 valence electrons. The SMILES string of the molecule is O=C1CC(CS(=O)(=O)F)CN1c1ccc(O)cc1Cl. The van der Waals surface area contributed by atoms with E-state index in [4.69, 9.17) is 11.6 Å². The van der Waals surface area contributed by atoms with Crippen LogP contribution in [0.3, 0.4) is 0 Å². The lowest BCUT2D eigenvalue weighted by molar-refractivity contribution is -0.117. The molecule has 1 aliphatic heterocycles. The molecule has 1 saturated heterocycles. The standard InChI is InChI=1S/C11H11ClFNO4S/c12-9-4-8(15)1-2-10(9)14-5-7(3-11(14)16)6-19(13,17)18/h1-2,4,7,15H,3,5-6H2. The Morgan fingerprint density at radius 3 is 2.74 bits per heavy atom. The lowest BCUT2D eigenvalue weighted by atomic mass is 10.1. The Morgan fingerprint density at radius 1 is 1.47 bits per heavy atom. The van der Waals surface area contributed by atoms with Crippen LogP contribution in [0, 0.1) is 5.92 Å². The molecule has 1 amide bonds. The Balaban J connectivity index is 2.20. The van der Waals surface area contributed by atoms with Gasteiger partial charge in [0.1, 0.15) is 5.75 Å². The van der Waals surface area contributed by atoms with Crippen LogP contribution in [0.2, 0.25) is 5.02 Å². The predicted molar refractivity (Wildman–Crippen MR) is 68.5 cm³/mol. The molecule has 1 fully saturated rings. The summed E-state index contributed by atoms with van der Waals surface area (Å²) < 4.78 is 33.8. The molecular weight excluding hydrogens is 297 g/mol. The highest BCUT2D eigenvalue weighted by atomic mass is 35.5. The van der Waals surface area contributed by atoms with Crippen LogP contribution in [-0.2, 0) is 15.0 Å². The van der Waals surface area contributed by atoms with Gasteiger partial charge in [-0.1, -0.05) is 11.6 Å².